The van der Waals surface area contributed by atoms with Crippen molar-refractivity contribution in [3.63, 3.8) is 0 Å². The summed E-state index contributed by atoms with van der Waals surface area (Å²) in [5.41, 5.74) is 5.74. The van der Waals surface area contributed by atoms with Crippen LogP contribution in [0.4, 0.5) is 0 Å². The quantitative estimate of drug-likeness (QED) is 0.909. The Labute approximate surface area is 130 Å². The zero-order valence-corrected chi connectivity index (χ0v) is 13.2. The SMILES string of the molecule is NC1(C(=O)N(Cc2cccs2)CC2CCCO2)CCCC1. The van der Waals surface area contributed by atoms with Gasteiger partial charge in [-0.1, -0.05) is 18.9 Å². The molecule has 1 aliphatic carbocycles. The van der Waals surface area contributed by atoms with Crippen molar-refractivity contribution in [3.8, 4) is 0 Å². The van der Waals surface area contributed by atoms with E-state index in [1.165, 1.54) is 4.88 Å². The number of carbonyl (C=O) groups is 1. The van der Waals surface area contributed by atoms with Crippen molar-refractivity contribution in [2.75, 3.05) is 13.2 Å². The first kappa shape index (κ1) is 15.0. The van der Waals surface area contributed by atoms with Gasteiger partial charge in [-0.05, 0) is 37.1 Å². The van der Waals surface area contributed by atoms with E-state index in [4.69, 9.17) is 10.5 Å². The van der Waals surface area contributed by atoms with Crippen LogP contribution in [0.2, 0.25) is 0 Å². The fourth-order valence-corrected chi connectivity index (χ4v) is 4.10. The third-order valence-electron chi connectivity index (χ3n) is 4.58. The number of nitrogens with two attached hydrogens (primary N) is 1. The van der Waals surface area contributed by atoms with E-state index < -0.39 is 5.54 Å². The highest BCUT2D eigenvalue weighted by molar-refractivity contribution is 7.09. The molecule has 1 saturated heterocycles. The largest absolute Gasteiger partial charge is 0.376 e. The Bertz CT molecular complexity index is 463. The summed E-state index contributed by atoms with van der Waals surface area (Å²) in [5, 5.41) is 2.05. The summed E-state index contributed by atoms with van der Waals surface area (Å²) in [6.07, 6.45) is 6.09. The molecule has 1 atom stereocenters. The first-order valence-corrected chi connectivity index (χ1v) is 8.78. The molecule has 1 unspecified atom stereocenters. The van der Waals surface area contributed by atoms with Crippen molar-refractivity contribution < 1.29 is 9.53 Å². The van der Waals surface area contributed by atoms with E-state index in [1.54, 1.807) is 11.3 Å². The van der Waals surface area contributed by atoms with Gasteiger partial charge in [0, 0.05) is 18.0 Å². The predicted octanol–water partition coefficient (Wildman–Crippen LogP) is 2.53. The molecule has 0 aromatic carbocycles. The summed E-state index contributed by atoms with van der Waals surface area (Å²) in [4.78, 5) is 16.1. The van der Waals surface area contributed by atoms with Gasteiger partial charge in [-0.25, -0.2) is 0 Å². The molecule has 116 valence electrons. The predicted molar refractivity (Wildman–Crippen MR) is 84.1 cm³/mol. The van der Waals surface area contributed by atoms with Gasteiger partial charge in [0.05, 0.1) is 18.2 Å². The van der Waals surface area contributed by atoms with Crippen LogP contribution in [0.15, 0.2) is 17.5 Å². The topological polar surface area (TPSA) is 55.6 Å². The molecule has 4 nitrogen and oxygen atoms in total. The van der Waals surface area contributed by atoms with Gasteiger partial charge >= 0.3 is 0 Å². The molecular weight excluding hydrogens is 284 g/mol. The lowest BCUT2D eigenvalue weighted by Crippen LogP contribution is -2.54. The van der Waals surface area contributed by atoms with Crippen LogP contribution in [0.1, 0.15) is 43.4 Å². The van der Waals surface area contributed by atoms with Crippen LogP contribution < -0.4 is 5.73 Å². The lowest BCUT2D eigenvalue weighted by atomic mass is 9.96. The lowest BCUT2D eigenvalue weighted by molar-refractivity contribution is -0.139. The molecule has 2 heterocycles. The molecule has 1 amide bonds. The summed E-state index contributed by atoms with van der Waals surface area (Å²) >= 11 is 1.69. The van der Waals surface area contributed by atoms with Gasteiger partial charge in [0.25, 0.3) is 0 Å². The second-order valence-electron chi connectivity index (χ2n) is 6.26. The molecule has 1 aromatic rings. The van der Waals surface area contributed by atoms with Gasteiger partial charge in [-0.3, -0.25) is 4.79 Å². The van der Waals surface area contributed by atoms with Crippen LogP contribution in [-0.4, -0.2) is 35.6 Å². The molecule has 1 saturated carbocycles. The van der Waals surface area contributed by atoms with E-state index >= 15 is 0 Å². The van der Waals surface area contributed by atoms with Crippen LogP contribution in [-0.2, 0) is 16.1 Å². The number of ether oxygens (including phenoxy) is 1. The van der Waals surface area contributed by atoms with Crippen LogP contribution in [0, 0.1) is 0 Å². The first-order chi connectivity index (χ1) is 10.2. The molecular formula is C16H24N2O2S. The zero-order chi connectivity index (χ0) is 14.7. The van der Waals surface area contributed by atoms with Gasteiger partial charge in [-0.2, -0.15) is 0 Å². The van der Waals surface area contributed by atoms with Crippen molar-refractivity contribution in [1.29, 1.82) is 0 Å². The second-order valence-corrected chi connectivity index (χ2v) is 7.30. The van der Waals surface area contributed by atoms with Crippen LogP contribution in [0.5, 0.6) is 0 Å². The standard InChI is InChI=1S/C16H24N2O2S/c17-16(7-1-2-8-16)15(19)18(11-13-5-3-9-20-13)12-14-6-4-10-21-14/h4,6,10,13H,1-3,5,7-9,11-12,17H2. The van der Waals surface area contributed by atoms with E-state index in [2.05, 4.69) is 11.4 Å². The van der Waals surface area contributed by atoms with Gasteiger partial charge < -0.3 is 15.4 Å². The Kier molecular flexibility index (Phi) is 4.62. The Hall–Kier alpha value is -0.910. The van der Waals surface area contributed by atoms with Gasteiger partial charge in [-0.15, -0.1) is 11.3 Å². The maximum absolute atomic E-state index is 12.9. The van der Waals surface area contributed by atoms with Crippen molar-refractivity contribution in [3.05, 3.63) is 22.4 Å². The molecule has 2 fully saturated rings. The number of hydrogen-bond donors (Lipinski definition) is 1. The normalized spacial score (nSPS) is 24.3. The van der Waals surface area contributed by atoms with Crippen molar-refractivity contribution >= 4 is 17.2 Å². The molecule has 21 heavy (non-hydrogen) atoms. The molecule has 5 heteroatoms. The van der Waals surface area contributed by atoms with Crippen molar-refractivity contribution in [2.24, 2.45) is 5.73 Å². The highest BCUT2D eigenvalue weighted by atomic mass is 32.1. The number of rotatable bonds is 5. The Morgan fingerprint density at radius 1 is 1.43 bits per heavy atom. The Morgan fingerprint density at radius 3 is 2.86 bits per heavy atom. The number of thiophene rings is 1. The lowest BCUT2D eigenvalue weighted by Gasteiger charge is -2.32. The molecule has 2 aliphatic rings. The second kappa shape index (κ2) is 6.46. The summed E-state index contributed by atoms with van der Waals surface area (Å²) in [5.74, 6) is 0.115. The summed E-state index contributed by atoms with van der Waals surface area (Å²) in [7, 11) is 0. The van der Waals surface area contributed by atoms with E-state index in [-0.39, 0.29) is 12.0 Å². The van der Waals surface area contributed by atoms with Crippen LogP contribution in [0.3, 0.4) is 0 Å². The number of carbonyl (C=O) groups excluding carboxylic acids is 1. The maximum atomic E-state index is 12.9. The van der Waals surface area contributed by atoms with E-state index in [9.17, 15) is 4.79 Å². The van der Waals surface area contributed by atoms with E-state index in [1.807, 2.05) is 11.0 Å². The average Bonchev–Trinajstić information content (AvgIpc) is 3.20. The van der Waals surface area contributed by atoms with Gasteiger partial charge in [0.1, 0.15) is 0 Å². The molecule has 1 aromatic heterocycles. The molecule has 1 aliphatic heterocycles. The minimum Gasteiger partial charge on any atom is -0.376 e. The number of amides is 1. The third-order valence-corrected chi connectivity index (χ3v) is 5.44. The maximum Gasteiger partial charge on any atom is 0.243 e. The summed E-state index contributed by atoms with van der Waals surface area (Å²) < 4.78 is 5.72. The molecule has 2 N–H and O–H groups in total. The van der Waals surface area contributed by atoms with Crippen molar-refractivity contribution in [1.82, 2.24) is 4.90 Å². The molecule has 0 spiro atoms. The Morgan fingerprint density at radius 2 is 2.24 bits per heavy atom. The van der Waals surface area contributed by atoms with Crippen molar-refractivity contribution in [2.45, 2.75) is 56.7 Å². The summed E-state index contributed by atoms with van der Waals surface area (Å²) in [6, 6.07) is 4.11. The average molecular weight is 308 g/mol. The number of nitrogens with zero attached hydrogens (tertiary/aromatic N) is 1. The highest BCUT2D eigenvalue weighted by Crippen LogP contribution is 2.30. The van der Waals surface area contributed by atoms with Gasteiger partial charge in [0.2, 0.25) is 5.91 Å². The minimum atomic E-state index is -0.643. The fourth-order valence-electron chi connectivity index (χ4n) is 3.38. The van der Waals surface area contributed by atoms with Crippen LogP contribution in [0.25, 0.3) is 0 Å². The molecule has 3 rings (SSSR count). The summed E-state index contributed by atoms with van der Waals surface area (Å²) in [6.45, 7) is 2.16. The van der Waals surface area contributed by atoms with Crippen LogP contribution >= 0.6 is 11.3 Å². The smallest absolute Gasteiger partial charge is 0.243 e. The minimum absolute atomic E-state index is 0.115. The van der Waals surface area contributed by atoms with Gasteiger partial charge in [0.15, 0.2) is 0 Å². The zero-order valence-electron chi connectivity index (χ0n) is 12.4. The molecule has 0 bridgehead atoms. The van der Waals surface area contributed by atoms with E-state index in [0.29, 0.717) is 13.1 Å². The molecule has 0 radical (unpaired) electrons. The monoisotopic (exact) mass is 308 g/mol. The Balaban J connectivity index is 1.72. The first-order valence-electron chi connectivity index (χ1n) is 7.90. The highest BCUT2D eigenvalue weighted by Gasteiger charge is 2.40. The number of hydrogen-bond acceptors (Lipinski definition) is 4. The fraction of sp³-hybridized carbons (Fsp3) is 0.688. The van der Waals surface area contributed by atoms with E-state index in [0.717, 1.165) is 45.1 Å². The third kappa shape index (κ3) is 3.47.